The lowest BCUT2D eigenvalue weighted by atomic mass is 10.0. The van der Waals surface area contributed by atoms with Crippen LogP contribution in [0.25, 0.3) is 16.9 Å². The van der Waals surface area contributed by atoms with Crippen LogP contribution in [0.3, 0.4) is 0 Å². The fraction of sp³-hybridized carbons (Fsp3) is 0.133. The highest BCUT2D eigenvalue weighted by Gasteiger charge is 2.23. The molecule has 2 N–H and O–H groups in total. The van der Waals surface area contributed by atoms with Gasteiger partial charge in [0.2, 0.25) is 0 Å². The average Bonchev–Trinajstić information content (AvgIpc) is 3.52. The summed E-state index contributed by atoms with van der Waals surface area (Å²) in [5, 5.41) is 12.2. The van der Waals surface area contributed by atoms with Gasteiger partial charge in [0, 0.05) is 40.5 Å². The maximum Gasteiger partial charge on any atom is 0.172 e. The van der Waals surface area contributed by atoms with E-state index in [9.17, 15) is 0 Å². The molecule has 0 unspecified atom stereocenters. The molecule has 0 bridgehead atoms. The molecule has 5 nitrogen and oxygen atoms in total. The fourth-order valence-electron chi connectivity index (χ4n) is 4.91. The minimum atomic E-state index is 0.408. The number of nitrogens with zero attached hydrogens (tertiary/aromatic N) is 3. The zero-order chi connectivity index (χ0) is 25.4. The SMILES string of the molecule is C=C(Nc1cccc(CNc2cc(-c3ccccc3Cl)nc3c(Br)cnn23)c1)C1Cc2ccccc2C1. The van der Waals surface area contributed by atoms with Crippen LogP contribution in [0, 0.1) is 5.92 Å². The van der Waals surface area contributed by atoms with Crippen molar-refractivity contribution in [2.75, 3.05) is 10.6 Å². The van der Waals surface area contributed by atoms with Crippen molar-refractivity contribution >= 4 is 44.7 Å². The second-order valence-corrected chi connectivity index (χ2v) is 10.6. The Bertz CT molecular complexity index is 1600. The summed E-state index contributed by atoms with van der Waals surface area (Å²) < 4.78 is 2.62. The summed E-state index contributed by atoms with van der Waals surface area (Å²) in [4.78, 5) is 4.79. The van der Waals surface area contributed by atoms with Crippen LogP contribution in [0.1, 0.15) is 16.7 Å². The summed E-state index contributed by atoms with van der Waals surface area (Å²) >= 11 is 10.0. The first-order chi connectivity index (χ1) is 18.0. The van der Waals surface area contributed by atoms with Crippen molar-refractivity contribution in [1.29, 1.82) is 0 Å². The zero-order valence-corrected chi connectivity index (χ0v) is 22.4. The van der Waals surface area contributed by atoms with Crippen LogP contribution in [0.4, 0.5) is 11.5 Å². The Morgan fingerprint density at radius 3 is 2.54 bits per heavy atom. The molecule has 0 aliphatic heterocycles. The summed E-state index contributed by atoms with van der Waals surface area (Å²) in [6.45, 7) is 4.98. The van der Waals surface area contributed by atoms with Gasteiger partial charge in [-0.05, 0) is 63.7 Å². The van der Waals surface area contributed by atoms with Crippen molar-refractivity contribution in [2.24, 2.45) is 5.92 Å². The predicted molar refractivity (Wildman–Crippen MR) is 155 cm³/mol. The van der Waals surface area contributed by atoms with Crippen molar-refractivity contribution in [1.82, 2.24) is 14.6 Å². The lowest BCUT2D eigenvalue weighted by Crippen LogP contribution is -2.11. The number of aromatic nitrogens is 3. The molecule has 6 rings (SSSR count). The maximum atomic E-state index is 6.47. The van der Waals surface area contributed by atoms with Gasteiger partial charge in [0.1, 0.15) is 5.82 Å². The van der Waals surface area contributed by atoms with Crippen LogP contribution in [-0.4, -0.2) is 14.6 Å². The monoisotopic (exact) mass is 569 g/mol. The molecule has 184 valence electrons. The van der Waals surface area contributed by atoms with E-state index in [4.69, 9.17) is 16.6 Å². The number of fused-ring (bicyclic) bond motifs is 2. The smallest absolute Gasteiger partial charge is 0.172 e. The number of allylic oxidation sites excluding steroid dienone is 1. The van der Waals surface area contributed by atoms with Gasteiger partial charge in [-0.1, -0.05) is 72.8 Å². The highest BCUT2D eigenvalue weighted by Crippen LogP contribution is 2.32. The van der Waals surface area contributed by atoms with E-state index in [2.05, 4.69) is 86.8 Å². The van der Waals surface area contributed by atoms with Crippen LogP contribution in [0.5, 0.6) is 0 Å². The Hall–Kier alpha value is -3.61. The molecule has 0 saturated carbocycles. The lowest BCUT2D eigenvalue weighted by Gasteiger charge is -2.17. The van der Waals surface area contributed by atoms with Crippen LogP contribution < -0.4 is 10.6 Å². The van der Waals surface area contributed by atoms with Crippen molar-refractivity contribution in [2.45, 2.75) is 19.4 Å². The predicted octanol–water partition coefficient (Wildman–Crippen LogP) is 7.76. The minimum absolute atomic E-state index is 0.408. The Morgan fingerprint density at radius 1 is 1.00 bits per heavy atom. The fourth-order valence-corrected chi connectivity index (χ4v) is 5.49. The third-order valence-corrected chi connectivity index (χ3v) is 7.72. The summed E-state index contributed by atoms with van der Waals surface area (Å²) in [5.74, 6) is 1.24. The van der Waals surface area contributed by atoms with E-state index in [0.29, 0.717) is 17.5 Å². The molecule has 1 aliphatic rings. The van der Waals surface area contributed by atoms with E-state index in [1.165, 1.54) is 11.1 Å². The molecule has 0 fully saturated rings. The molecule has 0 radical (unpaired) electrons. The molecule has 0 atom stereocenters. The standard InChI is InChI=1S/C30H25BrClN5/c1-19(23-14-21-8-2-3-9-22(21)15-23)35-24-10-6-7-20(13-24)17-33-29-16-28(25-11-4-5-12-27(25)32)36-30-26(31)18-34-37(29)30/h2-13,16,18,23,33,35H,1,14-15,17H2. The van der Waals surface area contributed by atoms with E-state index < -0.39 is 0 Å². The number of anilines is 2. The van der Waals surface area contributed by atoms with Crippen LogP contribution in [-0.2, 0) is 19.4 Å². The normalized spacial score (nSPS) is 13.0. The molecule has 0 amide bonds. The van der Waals surface area contributed by atoms with Crippen molar-refractivity contribution < 1.29 is 0 Å². The Kier molecular flexibility index (Phi) is 6.45. The lowest BCUT2D eigenvalue weighted by molar-refractivity contribution is 0.665. The van der Waals surface area contributed by atoms with Gasteiger partial charge in [-0.15, -0.1) is 0 Å². The molecular weight excluding hydrogens is 546 g/mol. The summed E-state index contributed by atoms with van der Waals surface area (Å²) in [6, 6.07) is 26.8. The molecule has 3 aromatic carbocycles. The molecule has 1 aliphatic carbocycles. The van der Waals surface area contributed by atoms with Gasteiger partial charge in [-0.2, -0.15) is 9.61 Å². The van der Waals surface area contributed by atoms with Crippen LogP contribution in [0.2, 0.25) is 5.02 Å². The van der Waals surface area contributed by atoms with Crippen molar-refractivity contribution in [3.05, 3.63) is 124 Å². The Morgan fingerprint density at radius 2 is 1.76 bits per heavy atom. The van der Waals surface area contributed by atoms with Gasteiger partial charge in [-0.3, -0.25) is 0 Å². The molecular formula is C30H25BrClN5. The van der Waals surface area contributed by atoms with Crippen LogP contribution in [0.15, 0.2) is 102 Å². The quantitative estimate of drug-likeness (QED) is 0.210. The highest BCUT2D eigenvalue weighted by molar-refractivity contribution is 9.10. The maximum absolute atomic E-state index is 6.47. The van der Waals surface area contributed by atoms with Gasteiger partial charge in [0.25, 0.3) is 0 Å². The first-order valence-electron chi connectivity index (χ1n) is 12.2. The highest BCUT2D eigenvalue weighted by atomic mass is 79.9. The number of hydrogen-bond acceptors (Lipinski definition) is 4. The van der Waals surface area contributed by atoms with Gasteiger partial charge in [-0.25, -0.2) is 4.98 Å². The van der Waals surface area contributed by atoms with E-state index in [1.807, 2.05) is 30.3 Å². The van der Waals surface area contributed by atoms with Gasteiger partial charge < -0.3 is 10.6 Å². The number of nitrogens with one attached hydrogen (secondary N) is 2. The largest absolute Gasteiger partial charge is 0.366 e. The van der Waals surface area contributed by atoms with Crippen molar-refractivity contribution in [3.63, 3.8) is 0 Å². The average molecular weight is 571 g/mol. The molecule has 2 aromatic heterocycles. The molecule has 0 spiro atoms. The van der Waals surface area contributed by atoms with Crippen molar-refractivity contribution in [3.8, 4) is 11.3 Å². The van der Waals surface area contributed by atoms with E-state index in [1.54, 1.807) is 10.7 Å². The molecule has 2 heterocycles. The third kappa shape index (κ3) is 4.87. The molecule has 7 heteroatoms. The zero-order valence-electron chi connectivity index (χ0n) is 20.1. The number of hydrogen-bond donors (Lipinski definition) is 2. The number of halogens is 2. The Labute approximate surface area is 229 Å². The van der Waals surface area contributed by atoms with E-state index in [-0.39, 0.29) is 0 Å². The molecule has 0 saturated heterocycles. The number of rotatable bonds is 7. The van der Waals surface area contributed by atoms with E-state index >= 15 is 0 Å². The van der Waals surface area contributed by atoms with Crippen LogP contribution >= 0.6 is 27.5 Å². The second-order valence-electron chi connectivity index (χ2n) is 9.31. The number of benzene rings is 3. The van der Waals surface area contributed by atoms with Gasteiger partial charge in [0.05, 0.1) is 16.4 Å². The van der Waals surface area contributed by atoms with Gasteiger partial charge >= 0.3 is 0 Å². The summed E-state index contributed by atoms with van der Waals surface area (Å²) in [5.41, 5.74) is 8.48. The molecule has 37 heavy (non-hydrogen) atoms. The first kappa shape index (κ1) is 23.8. The topological polar surface area (TPSA) is 54.2 Å². The second kappa shape index (κ2) is 10.0. The van der Waals surface area contributed by atoms with Gasteiger partial charge in [0.15, 0.2) is 5.65 Å². The molecule has 5 aromatic rings. The first-order valence-corrected chi connectivity index (χ1v) is 13.4. The summed E-state index contributed by atoms with van der Waals surface area (Å²) in [7, 11) is 0. The minimum Gasteiger partial charge on any atom is -0.366 e. The third-order valence-electron chi connectivity index (χ3n) is 6.83. The van der Waals surface area contributed by atoms with E-state index in [0.717, 1.165) is 57.0 Å². The Balaban J connectivity index is 1.20. The summed E-state index contributed by atoms with van der Waals surface area (Å²) in [6.07, 6.45) is 3.82.